The molecular weight excluding hydrogens is 208 g/mol. The fourth-order valence-corrected chi connectivity index (χ4v) is 1.34. The third-order valence-corrected chi connectivity index (χ3v) is 2.10. The number of aromatic hydroxyl groups is 1. The fourth-order valence-electron chi connectivity index (χ4n) is 1.18. The number of hydrogen-bond donors (Lipinski definition) is 2. The van der Waals surface area contributed by atoms with Crippen LogP contribution in [0.1, 0.15) is 18.5 Å². The van der Waals surface area contributed by atoms with Crippen LogP contribution in [0.15, 0.2) is 12.1 Å². The van der Waals surface area contributed by atoms with Gasteiger partial charge in [0.05, 0.1) is 15.5 Å². The normalized spacial score (nSPS) is 12.5. The van der Waals surface area contributed by atoms with Crippen molar-refractivity contribution < 1.29 is 10.0 Å². The lowest BCUT2D eigenvalue weighted by atomic mass is 10.1. The molecule has 0 aromatic heterocycles. The van der Waals surface area contributed by atoms with E-state index in [1.54, 1.807) is 6.92 Å². The molecule has 1 aromatic rings. The van der Waals surface area contributed by atoms with Gasteiger partial charge >= 0.3 is 0 Å². The van der Waals surface area contributed by atoms with Gasteiger partial charge in [0.1, 0.15) is 5.75 Å². The van der Waals surface area contributed by atoms with Crippen molar-refractivity contribution in [3.05, 3.63) is 32.8 Å². The highest BCUT2D eigenvalue weighted by molar-refractivity contribution is 6.32. The molecule has 0 heterocycles. The molecule has 0 radical (unpaired) electrons. The highest BCUT2D eigenvalue weighted by atomic mass is 35.5. The van der Waals surface area contributed by atoms with Gasteiger partial charge in [0, 0.05) is 12.1 Å². The van der Waals surface area contributed by atoms with Gasteiger partial charge in [-0.15, -0.1) is 0 Å². The van der Waals surface area contributed by atoms with Crippen molar-refractivity contribution in [2.45, 2.75) is 13.0 Å². The second-order valence-corrected chi connectivity index (χ2v) is 3.28. The molecule has 0 aliphatic carbocycles. The Hall–Kier alpha value is -1.33. The molecule has 0 unspecified atom stereocenters. The molecule has 1 atom stereocenters. The first kappa shape index (κ1) is 10.7. The Labute approximate surface area is 85.3 Å². The molecule has 0 bridgehead atoms. The number of halogens is 1. The third kappa shape index (κ3) is 1.78. The van der Waals surface area contributed by atoms with E-state index in [-0.39, 0.29) is 22.0 Å². The molecule has 1 rings (SSSR count). The van der Waals surface area contributed by atoms with E-state index >= 15 is 0 Å². The zero-order chi connectivity index (χ0) is 10.9. The maximum absolute atomic E-state index is 10.6. The van der Waals surface area contributed by atoms with Crippen molar-refractivity contribution >= 4 is 17.3 Å². The van der Waals surface area contributed by atoms with Gasteiger partial charge in [0.2, 0.25) is 0 Å². The Morgan fingerprint density at radius 2 is 2.21 bits per heavy atom. The Morgan fingerprint density at radius 3 is 2.64 bits per heavy atom. The van der Waals surface area contributed by atoms with E-state index in [4.69, 9.17) is 17.3 Å². The van der Waals surface area contributed by atoms with E-state index in [0.717, 1.165) is 0 Å². The zero-order valence-corrected chi connectivity index (χ0v) is 8.15. The summed E-state index contributed by atoms with van der Waals surface area (Å²) in [6, 6.07) is 1.84. The van der Waals surface area contributed by atoms with Crippen LogP contribution < -0.4 is 5.73 Å². The maximum Gasteiger partial charge on any atom is 0.277 e. The van der Waals surface area contributed by atoms with Gasteiger partial charge in [0.25, 0.3) is 5.69 Å². The summed E-state index contributed by atoms with van der Waals surface area (Å²) in [4.78, 5) is 9.98. The molecule has 0 aliphatic heterocycles. The van der Waals surface area contributed by atoms with Crippen LogP contribution in [0.25, 0.3) is 0 Å². The lowest BCUT2D eigenvalue weighted by Gasteiger charge is -2.09. The zero-order valence-electron chi connectivity index (χ0n) is 7.40. The first-order chi connectivity index (χ1) is 6.45. The third-order valence-electron chi connectivity index (χ3n) is 1.80. The predicted octanol–water partition coefficient (Wildman–Crippen LogP) is 1.97. The Balaban J connectivity index is 3.45. The molecule has 1 aromatic carbocycles. The molecule has 6 heteroatoms. The number of rotatable bonds is 2. The minimum Gasteiger partial charge on any atom is -0.506 e. The van der Waals surface area contributed by atoms with Crippen LogP contribution in [0.4, 0.5) is 5.69 Å². The van der Waals surface area contributed by atoms with Crippen molar-refractivity contribution in [1.82, 2.24) is 0 Å². The number of phenolic OH excluding ortho intramolecular Hbond substituents is 1. The quantitative estimate of drug-likeness (QED) is 0.584. The Bertz CT molecular complexity index is 379. The summed E-state index contributed by atoms with van der Waals surface area (Å²) in [7, 11) is 0. The number of nitrogens with zero attached hydrogens (tertiary/aromatic N) is 1. The van der Waals surface area contributed by atoms with Crippen molar-refractivity contribution in [1.29, 1.82) is 0 Å². The standard InChI is InChI=1S/C8H9ClN2O3/c1-4(10)7-6(11(13)14)3-2-5(9)8(7)12/h2-4,12H,10H2,1H3/t4-/m0/s1. The molecule has 0 amide bonds. The first-order valence-corrected chi connectivity index (χ1v) is 4.24. The van der Waals surface area contributed by atoms with Gasteiger partial charge in [-0.05, 0) is 13.0 Å². The van der Waals surface area contributed by atoms with Crippen molar-refractivity contribution in [3.8, 4) is 5.75 Å². The van der Waals surface area contributed by atoms with Gasteiger partial charge in [-0.1, -0.05) is 11.6 Å². The second kappa shape index (κ2) is 3.81. The maximum atomic E-state index is 10.6. The van der Waals surface area contributed by atoms with Gasteiger partial charge in [0.15, 0.2) is 0 Å². The Kier molecular flexibility index (Phi) is 2.93. The predicted molar refractivity (Wildman–Crippen MR) is 52.4 cm³/mol. The van der Waals surface area contributed by atoms with Gasteiger partial charge in [-0.2, -0.15) is 0 Å². The van der Waals surface area contributed by atoms with E-state index in [1.165, 1.54) is 12.1 Å². The van der Waals surface area contributed by atoms with Crippen molar-refractivity contribution in [3.63, 3.8) is 0 Å². The Morgan fingerprint density at radius 1 is 1.64 bits per heavy atom. The summed E-state index contributed by atoms with van der Waals surface area (Å²) < 4.78 is 0. The molecular formula is C8H9ClN2O3. The number of benzene rings is 1. The van der Waals surface area contributed by atoms with Crippen molar-refractivity contribution in [2.24, 2.45) is 5.73 Å². The topological polar surface area (TPSA) is 89.4 Å². The second-order valence-electron chi connectivity index (χ2n) is 2.87. The SMILES string of the molecule is C[C@H](N)c1c([N+](=O)[O-])ccc(Cl)c1O. The number of nitrogens with two attached hydrogens (primary N) is 1. The summed E-state index contributed by atoms with van der Waals surface area (Å²) in [5.41, 5.74) is 5.34. The van der Waals surface area contributed by atoms with Gasteiger partial charge < -0.3 is 10.8 Å². The minimum atomic E-state index is -0.644. The van der Waals surface area contributed by atoms with Gasteiger partial charge in [-0.3, -0.25) is 10.1 Å². The number of phenols is 1. The van der Waals surface area contributed by atoms with E-state index in [1.807, 2.05) is 0 Å². The highest BCUT2D eigenvalue weighted by Crippen LogP contribution is 2.37. The summed E-state index contributed by atoms with van der Waals surface area (Å²) in [6.07, 6.45) is 0. The molecule has 3 N–H and O–H groups in total. The summed E-state index contributed by atoms with van der Waals surface area (Å²) in [6.45, 7) is 1.54. The summed E-state index contributed by atoms with van der Waals surface area (Å²) >= 11 is 5.61. The summed E-state index contributed by atoms with van der Waals surface area (Å²) in [5.74, 6) is -0.323. The van der Waals surface area contributed by atoms with E-state index in [9.17, 15) is 15.2 Å². The average Bonchev–Trinajstić information content (AvgIpc) is 2.08. The number of nitro benzene ring substituents is 1. The van der Waals surface area contributed by atoms with Crippen molar-refractivity contribution in [2.75, 3.05) is 0 Å². The average molecular weight is 217 g/mol. The number of hydrogen-bond acceptors (Lipinski definition) is 4. The molecule has 0 fully saturated rings. The number of nitro groups is 1. The molecule has 76 valence electrons. The van der Waals surface area contributed by atoms with E-state index in [0.29, 0.717) is 0 Å². The van der Waals surface area contributed by atoms with Crippen LogP contribution in [0.2, 0.25) is 5.02 Å². The fraction of sp³-hybridized carbons (Fsp3) is 0.250. The highest BCUT2D eigenvalue weighted by Gasteiger charge is 2.22. The van der Waals surface area contributed by atoms with E-state index < -0.39 is 11.0 Å². The molecule has 5 nitrogen and oxygen atoms in total. The monoisotopic (exact) mass is 216 g/mol. The van der Waals surface area contributed by atoms with Gasteiger partial charge in [-0.25, -0.2) is 0 Å². The van der Waals surface area contributed by atoms with E-state index in [2.05, 4.69) is 0 Å². The van der Waals surface area contributed by atoms with Crippen LogP contribution in [0.5, 0.6) is 5.75 Å². The lowest BCUT2D eigenvalue weighted by molar-refractivity contribution is -0.385. The molecule has 0 saturated carbocycles. The van der Waals surface area contributed by atoms with Crippen LogP contribution in [0.3, 0.4) is 0 Å². The van der Waals surface area contributed by atoms with Crippen LogP contribution in [-0.4, -0.2) is 10.0 Å². The smallest absolute Gasteiger partial charge is 0.277 e. The molecule has 0 saturated heterocycles. The van der Waals surface area contributed by atoms with Crippen LogP contribution in [-0.2, 0) is 0 Å². The molecule has 0 aliphatic rings. The largest absolute Gasteiger partial charge is 0.506 e. The first-order valence-electron chi connectivity index (χ1n) is 3.86. The van der Waals surface area contributed by atoms with Crippen LogP contribution in [0, 0.1) is 10.1 Å². The van der Waals surface area contributed by atoms with Crippen LogP contribution >= 0.6 is 11.6 Å². The molecule has 0 spiro atoms. The molecule has 14 heavy (non-hydrogen) atoms. The summed E-state index contributed by atoms with van der Waals surface area (Å²) in [5, 5.41) is 20.1. The lowest BCUT2D eigenvalue weighted by Crippen LogP contribution is -2.08. The minimum absolute atomic E-state index is 0.0579.